The smallest absolute Gasteiger partial charge is 0.242 e. The van der Waals surface area contributed by atoms with Crippen molar-refractivity contribution in [2.75, 3.05) is 14.2 Å². The van der Waals surface area contributed by atoms with Crippen LogP contribution in [0.1, 0.15) is 24.3 Å². The van der Waals surface area contributed by atoms with E-state index < -0.39 is 35.0 Å². The van der Waals surface area contributed by atoms with Gasteiger partial charge in [0.2, 0.25) is 17.8 Å². The molecule has 142 valence electrons. The van der Waals surface area contributed by atoms with Crippen LogP contribution < -0.4 is 0 Å². The lowest BCUT2D eigenvalue weighted by atomic mass is 10.2. The molecule has 0 N–H and O–H groups in total. The average Bonchev–Trinajstić information content (AvgIpc) is 2.59. The number of amides is 1. The fourth-order valence-electron chi connectivity index (χ4n) is 1.15. The molecule has 6 nitrogen and oxygen atoms in total. The van der Waals surface area contributed by atoms with Gasteiger partial charge in [0.25, 0.3) is 0 Å². The third-order valence-corrected chi connectivity index (χ3v) is 2.55. The number of ketones is 1. The van der Waals surface area contributed by atoms with E-state index >= 15 is 0 Å². The Kier molecular flexibility index (Phi) is 10.3. The van der Waals surface area contributed by atoms with E-state index in [1.165, 1.54) is 14.0 Å². The van der Waals surface area contributed by atoms with Crippen LogP contribution in [0.5, 0.6) is 0 Å². The van der Waals surface area contributed by atoms with Gasteiger partial charge in [-0.1, -0.05) is 0 Å². The first-order valence-electron chi connectivity index (χ1n) is 6.96. The summed E-state index contributed by atoms with van der Waals surface area (Å²) < 4.78 is 48.5. The lowest BCUT2D eigenvalue weighted by molar-refractivity contribution is -0.165. The number of carbonyl (C=O) groups excluding carboxylic acids is 2. The Morgan fingerprint density at radius 1 is 1.00 bits per heavy atom. The zero-order valence-electron chi connectivity index (χ0n) is 14.5. The van der Waals surface area contributed by atoms with E-state index in [4.69, 9.17) is 0 Å². The molecule has 0 aliphatic carbocycles. The molecule has 0 unspecified atom stereocenters. The average molecular weight is 375 g/mol. The molecule has 0 saturated heterocycles. The molecule has 2 rings (SSSR count). The number of rotatable bonds is 2. The molecule has 0 radical (unpaired) electrons. The summed E-state index contributed by atoms with van der Waals surface area (Å²) in [5, 5.41) is 1.15. The van der Waals surface area contributed by atoms with Crippen LogP contribution in [0.25, 0.3) is 0 Å². The van der Waals surface area contributed by atoms with Gasteiger partial charge in [0.1, 0.15) is 11.5 Å². The molecule has 0 fully saturated rings. The van der Waals surface area contributed by atoms with E-state index in [1.807, 2.05) is 0 Å². The Bertz CT molecular complexity index is 706. The second-order valence-electron chi connectivity index (χ2n) is 4.52. The third kappa shape index (κ3) is 9.42. The number of carbonyl (C=O) groups is 2. The van der Waals surface area contributed by atoms with Crippen molar-refractivity contribution in [1.29, 1.82) is 0 Å². The third-order valence-electron chi connectivity index (χ3n) is 2.55. The molecule has 0 atom stereocenters. The van der Waals surface area contributed by atoms with Gasteiger partial charge in [-0.15, -0.1) is 0 Å². The van der Waals surface area contributed by atoms with E-state index in [2.05, 4.69) is 14.8 Å². The topological polar surface area (TPSA) is 72.4 Å². The van der Waals surface area contributed by atoms with E-state index in [-0.39, 0.29) is 5.91 Å². The highest BCUT2D eigenvalue weighted by Gasteiger charge is 2.09. The van der Waals surface area contributed by atoms with Gasteiger partial charge < -0.3 is 0 Å². The van der Waals surface area contributed by atoms with Gasteiger partial charge in [0.15, 0.2) is 11.6 Å². The first kappa shape index (κ1) is 23.1. The molecule has 0 aliphatic rings. The molecule has 0 aliphatic heterocycles. The summed E-state index contributed by atoms with van der Waals surface area (Å²) in [5.74, 6) is -3.50. The van der Waals surface area contributed by atoms with Crippen molar-refractivity contribution < 1.29 is 32.0 Å². The first-order chi connectivity index (χ1) is 12.1. The fraction of sp³-hybridized carbons (Fsp3) is 0.250. The summed E-state index contributed by atoms with van der Waals surface area (Å²) >= 11 is 0. The van der Waals surface area contributed by atoms with Crippen LogP contribution in [0.15, 0.2) is 30.5 Å². The molecule has 2 heterocycles. The molecule has 2 aromatic rings. The standard InChI is InChI=1S/C7H5F2NO.C5H3F2N.C4H9NO2/c1-4(11)7-5(8)2-3-6(9)10-7;6-4-1-2-5(7)8-3-4;1-4(6)5(2)7-3/h2-3H,1H3;1-3H;1-3H3. The molecular formula is C16H17F4N3O3. The van der Waals surface area contributed by atoms with Crippen molar-refractivity contribution in [3.05, 3.63) is 59.7 Å². The fourth-order valence-corrected chi connectivity index (χ4v) is 1.15. The lowest BCUT2D eigenvalue weighted by Crippen LogP contribution is -2.21. The maximum Gasteiger partial charge on any atom is 0.242 e. The number of halogens is 4. The minimum atomic E-state index is -0.850. The Hall–Kier alpha value is -2.88. The summed E-state index contributed by atoms with van der Waals surface area (Å²) in [6, 6.07) is 3.72. The van der Waals surface area contributed by atoms with Crippen LogP contribution in [-0.4, -0.2) is 40.9 Å². The molecule has 0 bridgehead atoms. The molecule has 10 heteroatoms. The Labute approximate surface area is 147 Å². The normalized spacial score (nSPS) is 9.23. The van der Waals surface area contributed by atoms with Crippen molar-refractivity contribution in [2.24, 2.45) is 0 Å². The van der Waals surface area contributed by atoms with Crippen LogP contribution in [0.2, 0.25) is 0 Å². The zero-order chi connectivity index (χ0) is 20.3. The monoisotopic (exact) mass is 375 g/mol. The number of hydroxylamine groups is 2. The molecule has 2 aromatic heterocycles. The van der Waals surface area contributed by atoms with Crippen molar-refractivity contribution in [2.45, 2.75) is 13.8 Å². The maximum atomic E-state index is 12.6. The number of aromatic nitrogens is 2. The van der Waals surface area contributed by atoms with Gasteiger partial charge in [-0.25, -0.2) is 23.8 Å². The van der Waals surface area contributed by atoms with E-state index in [1.54, 1.807) is 7.05 Å². The molecule has 0 aromatic carbocycles. The highest BCUT2D eigenvalue weighted by molar-refractivity contribution is 5.92. The van der Waals surface area contributed by atoms with Gasteiger partial charge in [-0.2, -0.15) is 8.78 Å². The number of Topliss-reactive ketones (excluding diaryl/α,β-unsaturated/α-hetero) is 1. The van der Waals surface area contributed by atoms with Crippen LogP contribution >= 0.6 is 0 Å². The molecular weight excluding hydrogens is 358 g/mol. The van der Waals surface area contributed by atoms with E-state index in [9.17, 15) is 27.2 Å². The highest BCUT2D eigenvalue weighted by atomic mass is 19.1. The minimum absolute atomic E-state index is 0.0949. The van der Waals surface area contributed by atoms with E-state index in [0.29, 0.717) is 0 Å². The molecule has 0 spiro atoms. The highest BCUT2D eigenvalue weighted by Crippen LogP contribution is 2.05. The summed E-state index contributed by atoms with van der Waals surface area (Å²) in [6.45, 7) is 2.56. The van der Waals surface area contributed by atoms with Gasteiger partial charge in [0, 0.05) is 20.9 Å². The van der Waals surface area contributed by atoms with Crippen molar-refractivity contribution in [3.8, 4) is 0 Å². The number of hydrogen-bond donors (Lipinski definition) is 0. The maximum absolute atomic E-state index is 12.6. The zero-order valence-corrected chi connectivity index (χ0v) is 14.5. The predicted molar refractivity (Wildman–Crippen MR) is 83.8 cm³/mol. The predicted octanol–water partition coefficient (Wildman–Crippen LogP) is 2.95. The van der Waals surface area contributed by atoms with Crippen LogP contribution in [-0.2, 0) is 9.63 Å². The Balaban J connectivity index is 0.000000373. The van der Waals surface area contributed by atoms with Crippen LogP contribution in [0.4, 0.5) is 17.6 Å². The van der Waals surface area contributed by atoms with Crippen molar-refractivity contribution in [1.82, 2.24) is 15.0 Å². The van der Waals surface area contributed by atoms with Gasteiger partial charge in [0.05, 0.1) is 13.3 Å². The van der Waals surface area contributed by atoms with Crippen molar-refractivity contribution in [3.63, 3.8) is 0 Å². The van der Waals surface area contributed by atoms with Crippen molar-refractivity contribution >= 4 is 11.7 Å². The second kappa shape index (κ2) is 11.6. The van der Waals surface area contributed by atoms with Crippen LogP contribution in [0, 0.1) is 23.5 Å². The first-order valence-corrected chi connectivity index (χ1v) is 6.96. The van der Waals surface area contributed by atoms with Gasteiger partial charge in [-0.3, -0.25) is 14.4 Å². The Morgan fingerprint density at radius 3 is 1.88 bits per heavy atom. The second-order valence-corrected chi connectivity index (χ2v) is 4.52. The summed E-state index contributed by atoms with van der Waals surface area (Å²) in [5.41, 5.74) is -0.454. The molecule has 26 heavy (non-hydrogen) atoms. The lowest BCUT2D eigenvalue weighted by Gasteiger charge is -2.08. The number of hydrogen-bond acceptors (Lipinski definition) is 5. The molecule has 1 amide bonds. The summed E-state index contributed by atoms with van der Waals surface area (Å²) in [7, 11) is 3.00. The summed E-state index contributed by atoms with van der Waals surface area (Å²) in [4.78, 5) is 31.3. The largest absolute Gasteiger partial charge is 0.293 e. The summed E-state index contributed by atoms with van der Waals surface area (Å²) in [6.07, 6.45) is 0.829. The van der Waals surface area contributed by atoms with E-state index in [0.717, 1.165) is 42.4 Å². The minimum Gasteiger partial charge on any atom is -0.293 e. The van der Waals surface area contributed by atoms with Gasteiger partial charge >= 0.3 is 0 Å². The van der Waals surface area contributed by atoms with Crippen LogP contribution in [0.3, 0.4) is 0 Å². The molecule has 0 saturated carbocycles. The SMILES string of the molecule is CC(=O)c1nc(F)ccc1F.CON(C)C(C)=O.Fc1ccc(F)nc1. The Morgan fingerprint density at radius 2 is 1.58 bits per heavy atom. The van der Waals surface area contributed by atoms with Gasteiger partial charge in [-0.05, 0) is 24.3 Å². The number of nitrogens with zero attached hydrogens (tertiary/aromatic N) is 3. The number of pyridine rings is 2. The quantitative estimate of drug-likeness (QED) is 0.349.